The zero-order chi connectivity index (χ0) is 18.0. The van der Waals surface area contributed by atoms with E-state index in [0.717, 1.165) is 12.1 Å². The first-order valence-corrected chi connectivity index (χ1v) is 7.38. The second-order valence-corrected chi connectivity index (χ2v) is 5.41. The number of rotatable bonds is 4. The summed E-state index contributed by atoms with van der Waals surface area (Å²) in [7, 11) is 0. The number of anilines is 1. The third-order valence-electron chi connectivity index (χ3n) is 3.34. The summed E-state index contributed by atoms with van der Waals surface area (Å²) in [5.41, 5.74) is 0.195. The van der Waals surface area contributed by atoms with Crippen molar-refractivity contribution in [2.75, 3.05) is 5.32 Å². The summed E-state index contributed by atoms with van der Waals surface area (Å²) in [6.07, 6.45) is 2.80. The van der Waals surface area contributed by atoms with E-state index in [4.69, 9.17) is 11.6 Å². The lowest BCUT2D eigenvalue weighted by molar-refractivity contribution is -0.387. The van der Waals surface area contributed by atoms with Gasteiger partial charge in [0, 0.05) is 18.0 Å². The lowest BCUT2D eigenvalue weighted by atomic mass is 10.2. The number of nitro benzene ring substituents is 1. The average Bonchev–Trinajstić information content (AvgIpc) is 3.06. The van der Waals surface area contributed by atoms with E-state index in [1.807, 2.05) is 0 Å². The van der Waals surface area contributed by atoms with Crippen molar-refractivity contribution in [2.24, 2.45) is 0 Å². The van der Waals surface area contributed by atoms with Crippen LogP contribution in [0.25, 0.3) is 5.69 Å². The van der Waals surface area contributed by atoms with E-state index in [9.17, 15) is 19.3 Å². The molecule has 1 N–H and O–H groups in total. The maximum atomic E-state index is 13.3. The van der Waals surface area contributed by atoms with Gasteiger partial charge in [-0.2, -0.15) is 9.49 Å². The molecule has 0 spiro atoms. The molecule has 0 aliphatic heterocycles. The van der Waals surface area contributed by atoms with E-state index in [-0.39, 0.29) is 11.3 Å². The van der Waals surface area contributed by atoms with Crippen molar-refractivity contribution in [3.63, 3.8) is 0 Å². The van der Waals surface area contributed by atoms with Crippen molar-refractivity contribution in [3.05, 3.63) is 81.4 Å². The predicted molar refractivity (Wildman–Crippen MR) is 89.6 cm³/mol. The second-order valence-electron chi connectivity index (χ2n) is 5.00. The predicted octanol–water partition coefficient (Wildman–Crippen LogP) is 3.83. The van der Waals surface area contributed by atoms with Crippen molar-refractivity contribution in [3.8, 4) is 5.69 Å². The Bertz CT molecular complexity index is 974. The van der Waals surface area contributed by atoms with Crippen LogP contribution in [0.3, 0.4) is 0 Å². The summed E-state index contributed by atoms with van der Waals surface area (Å²) in [6.45, 7) is 0. The Morgan fingerprint density at radius 1 is 1.28 bits per heavy atom. The van der Waals surface area contributed by atoms with Crippen LogP contribution >= 0.6 is 11.6 Å². The molecule has 0 aliphatic carbocycles. The molecule has 0 saturated carbocycles. The third-order valence-corrected chi connectivity index (χ3v) is 3.66. The van der Waals surface area contributed by atoms with Gasteiger partial charge < -0.3 is 5.32 Å². The van der Waals surface area contributed by atoms with Gasteiger partial charge in [-0.1, -0.05) is 23.7 Å². The number of carbonyl (C=O) groups is 1. The average molecular weight is 361 g/mol. The fourth-order valence-corrected chi connectivity index (χ4v) is 2.37. The molecule has 0 fully saturated rings. The van der Waals surface area contributed by atoms with Gasteiger partial charge in [0.1, 0.15) is 0 Å². The summed E-state index contributed by atoms with van der Waals surface area (Å²) >= 11 is 6.08. The van der Waals surface area contributed by atoms with Crippen LogP contribution in [-0.4, -0.2) is 20.6 Å². The van der Waals surface area contributed by atoms with Crippen LogP contribution in [0.15, 0.2) is 54.9 Å². The molecule has 0 saturated heterocycles. The van der Waals surface area contributed by atoms with E-state index < -0.39 is 22.3 Å². The standard InChI is InChI=1S/C16H10ClFN4O3/c17-12-3-1-2-4-14(12)21-9-10(8-19-21)16(23)20-11-5-6-13(18)15(7-11)22(24)25/h1-9H,(H,20,23). The Hall–Kier alpha value is -3.26. The number of nitrogens with one attached hydrogen (secondary N) is 1. The number of hydrogen-bond donors (Lipinski definition) is 1. The minimum Gasteiger partial charge on any atom is -0.322 e. The smallest absolute Gasteiger partial charge is 0.306 e. The van der Waals surface area contributed by atoms with Crippen LogP contribution in [0.1, 0.15) is 10.4 Å². The minimum absolute atomic E-state index is 0.101. The molecule has 0 radical (unpaired) electrons. The second kappa shape index (κ2) is 6.70. The molecule has 25 heavy (non-hydrogen) atoms. The van der Waals surface area contributed by atoms with Gasteiger partial charge in [0.05, 0.1) is 27.4 Å². The van der Waals surface area contributed by atoms with E-state index in [1.54, 1.807) is 24.3 Å². The summed E-state index contributed by atoms with van der Waals surface area (Å²) in [6, 6.07) is 10.1. The molecule has 9 heteroatoms. The van der Waals surface area contributed by atoms with Gasteiger partial charge in [-0.05, 0) is 24.3 Å². The highest BCUT2D eigenvalue weighted by Gasteiger charge is 2.16. The van der Waals surface area contributed by atoms with Gasteiger partial charge in [-0.25, -0.2) is 4.68 Å². The molecule has 1 heterocycles. The molecular formula is C16H10ClFN4O3. The lowest BCUT2D eigenvalue weighted by Gasteiger charge is -2.04. The number of benzene rings is 2. The van der Waals surface area contributed by atoms with Gasteiger partial charge >= 0.3 is 5.69 Å². The summed E-state index contributed by atoms with van der Waals surface area (Å²) < 4.78 is 14.8. The summed E-state index contributed by atoms with van der Waals surface area (Å²) in [5.74, 6) is -1.52. The quantitative estimate of drug-likeness (QED) is 0.565. The van der Waals surface area contributed by atoms with Crippen molar-refractivity contribution >= 4 is 28.9 Å². The topological polar surface area (TPSA) is 90.1 Å². The zero-order valence-electron chi connectivity index (χ0n) is 12.5. The first-order valence-electron chi connectivity index (χ1n) is 7.00. The molecular weight excluding hydrogens is 351 g/mol. The molecule has 3 rings (SSSR count). The molecule has 0 aliphatic rings. The van der Waals surface area contributed by atoms with Gasteiger partial charge in [0.15, 0.2) is 0 Å². The summed E-state index contributed by atoms with van der Waals surface area (Å²) in [4.78, 5) is 22.1. The van der Waals surface area contributed by atoms with E-state index in [0.29, 0.717) is 10.7 Å². The van der Waals surface area contributed by atoms with E-state index in [2.05, 4.69) is 10.4 Å². The number of aromatic nitrogens is 2. The van der Waals surface area contributed by atoms with Crippen molar-refractivity contribution in [1.82, 2.24) is 9.78 Å². The maximum absolute atomic E-state index is 13.3. The van der Waals surface area contributed by atoms with Crippen molar-refractivity contribution < 1.29 is 14.1 Å². The first kappa shape index (κ1) is 16.6. The maximum Gasteiger partial charge on any atom is 0.306 e. The van der Waals surface area contributed by atoms with Crippen molar-refractivity contribution in [2.45, 2.75) is 0 Å². The Morgan fingerprint density at radius 3 is 2.76 bits per heavy atom. The van der Waals surface area contributed by atoms with Crippen LogP contribution in [0.5, 0.6) is 0 Å². The molecule has 1 aromatic heterocycles. The first-order chi connectivity index (χ1) is 12.0. The number of carbonyl (C=O) groups excluding carboxylic acids is 1. The van der Waals surface area contributed by atoms with Gasteiger partial charge in [-0.15, -0.1) is 0 Å². The Balaban J connectivity index is 1.82. The van der Waals surface area contributed by atoms with Gasteiger partial charge in [0.2, 0.25) is 5.82 Å². The van der Waals surface area contributed by atoms with Crippen LogP contribution in [-0.2, 0) is 0 Å². The Labute approximate surface area is 145 Å². The molecule has 0 bridgehead atoms. The monoisotopic (exact) mass is 360 g/mol. The van der Waals surface area contributed by atoms with E-state index in [1.165, 1.54) is 23.1 Å². The lowest BCUT2D eigenvalue weighted by Crippen LogP contribution is -2.11. The van der Waals surface area contributed by atoms with Crippen LogP contribution < -0.4 is 5.32 Å². The molecule has 1 amide bonds. The molecule has 0 unspecified atom stereocenters. The molecule has 3 aromatic rings. The molecule has 0 atom stereocenters. The SMILES string of the molecule is O=C(Nc1ccc(F)c([N+](=O)[O-])c1)c1cnn(-c2ccccc2Cl)c1. The number of para-hydroxylation sites is 1. The fraction of sp³-hybridized carbons (Fsp3) is 0. The molecule has 7 nitrogen and oxygen atoms in total. The van der Waals surface area contributed by atoms with E-state index >= 15 is 0 Å². The van der Waals surface area contributed by atoms with Crippen LogP contribution in [0.4, 0.5) is 15.8 Å². The van der Waals surface area contributed by atoms with Gasteiger partial charge in [0.25, 0.3) is 5.91 Å². The normalized spacial score (nSPS) is 10.5. The largest absolute Gasteiger partial charge is 0.322 e. The summed E-state index contributed by atoms with van der Waals surface area (Å²) in [5, 5.41) is 17.8. The highest BCUT2D eigenvalue weighted by Crippen LogP contribution is 2.23. The highest BCUT2D eigenvalue weighted by molar-refractivity contribution is 6.32. The zero-order valence-corrected chi connectivity index (χ0v) is 13.3. The number of halogens is 2. The van der Waals surface area contributed by atoms with Gasteiger partial charge in [-0.3, -0.25) is 14.9 Å². The van der Waals surface area contributed by atoms with Crippen molar-refractivity contribution in [1.29, 1.82) is 0 Å². The highest BCUT2D eigenvalue weighted by atomic mass is 35.5. The number of hydrogen-bond acceptors (Lipinski definition) is 4. The fourth-order valence-electron chi connectivity index (χ4n) is 2.14. The van der Waals surface area contributed by atoms with Crippen LogP contribution in [0, 0.1) is 15.9 Å². The third kappa shape index (κ3) is 3.48. The molecule has 2 aromatic carbocycles. The minimum atomic E-state index is -0.977. The van der Waals surface area contributed by atoms with Crippen LogP contribution in [0.2, 0.25) is 5.02 Å². The number of amides is 1. The molecule has 126 valence electrons. The number of nitrogens with zero attached hydrogens (tertiary/aromatic N) is 3. The Kier molecular flexibility index (Phi) is 4.44. The number of nitro groups is 1. The Morgan fingerprint density at radius 2 is 2.04 bits per heavy atom.